The Morgan fingerprint density at radius 1 is 1.44 bits per heavy atom. The van der Waals surface area contributed by atoms with Gasteiger partial charge in [0.05, 0.1) is 0 Å². The average molecular weight is 246 g/mol. The van der Waals surface area contributed by atoms with E-state index in [9.17, 15) is 9.18 Å². The van der Waals surface area contributed by atoms with Crippen molar-refractivity contribution < 1.29 is 9.18 Å². The Balaban J connectivity index is 2.22. The Hall–Kier alpha value is -2.75. The molecule has 0 saturated carbocycles. The summed E-state index contributed by atoms with van der Waals surface area (Å²) >= 11 is 0. The number of halogens is 1. The summed E-state index contributed by atoms with van der Waals surface area (Å²) in [5.74, 6) is -0.774. The van der Waals surface area contributed by atoms with Crippen LogP contribution in [0.3, 0.4) is 0 Å². The Bertz CT molecular complexity index is 626. The number of aromatic amines is 1. The Labute approximate surface area is 101 Å². The number of rotatable bonds is 2. The lowest BCUT2D eigenvalue weighted by atomic mass is 10.2. The van der Waals surface area contributed by atoms with Crippen molar-refractivity contribution in [2.45, 2.75) is 6.92 Å². The van der Waals surface area contributed by atoms with Gasteiger partial charge in [-0.15, -0.1) is 5.10 Å². The molecule has 0 spiro atoms. The predicted molar refractivity (Wildman–Crippen MR) is 62.4 cm³/mol. The number of diazo groups is 1. The highest BCUT2D eigenvalue weighted by atomic mass is 19.1. The van der Waals surface area contributed by atoms with Crippen LogP contribution in [0.1, 0.15) is 16.1 Å². The number of nitrogens with zero attached hydrogens (tertiary/aromatic N) is 3. The number of amides is 1. The number of benzene rings is 1. The van der Waals surface area contributed by atoms with Crippen LogP contribution in [0.25, 0.3) is 4.98 Å². The van der Waals surface area contributed by atoms with Crippen LogP contribution >= 0.6 is 0 Å². The van der Waals surface area contributed by atoms with E-state index in [-0.39, 0.29) is 17.1 Å². The molecule has 0 fully saturated rings. The SMILES string of the molecule is Cc1[nH]nc(NC(=O)c2ccc(F)cc2)c1[N+]#N. The fourth-order valence-corrected chi connectivity index (χ4v) is 1.41. The topological polar surface area (TPSA) is 85.9 Å². The molecule has 1 aromatic carbocycles. The number of carbonyl (C=O) groups is 1. The van der Waals surface area contributed by atoms with E-state index in [1.165, 1.54) is 24.3 Å². The van der Waals surface area contributed by atoms with Crippen LogP contribution in [0, 0.1) is 18.1 Å². The van der Waals surface area contributed by atoms with Crippen LogP contribution < -0.4 is 5.32 Å². The van der Waals surface area contributed by atoms with E-state index in [4.69, 9.17) is 5.39 Å². The number of carbonyl (C=O) groups excluding carboxylic acids is 1. The molecule has 7 heteroatoms. The molecule has 0 saturated heterocycles. The van der Waals surface area contributed by atoms with Crippen molar-refractivity contribution in [2.24, 2.45) is 0 Å². The monoisotopic (exact) mass is 246 g/mol. The summed E-state index contributed by atoms with van der Waals surface area (Å²) in [6.45, 7) is 1.65. The minimum atomic E-state index is -0.466. The van der Waals surface area contributed by atoms with Gasteiger partial charge in [0.25, 0.3) is 11.7 Å². The first-order valence-corrected chi connectivity index (χ1v) is 5.09. The van der Waals surface area contributed by atoms with Gasteiger partial charge < -0.3 is 0 Å². The van der Waals surface area contributed by atoms with Gasteiger partial charge >= 0.3 is 5.69 Å². The normalized spacial score (nSPS) is 9.83. The van der Waals surface area contributed by atoms with E-state index in [0.717, 1.165) is 0 Å². The smallest absolute Gasteiger partial charge is 0.298 e. The summed E-state index contributed by atoms with van der Waals surface area (Å²) in [5.41, 5.74) is 0.957. The summed E-state index contributed by atoms with van der Waals surface area (Å²) in [6.07, 6.45) is 0. The maximum atomic E-state index is 12.7. The number of hydrogen-bond donors (Lipinski definition) is 2. The van der Waals surface area contributed by atoms with Gasteiger partial charge in [0.1, 0.15) is 11.5 Å². The van der Waals surface area contributed by atoms with Gasteiger partial charge in [-0.05, 0) is 31.2 Å². The molecule has 2 rings (SSSR count). The highest BCUT2D eigenvalue weighted by Gasteiger charge is 2.23. The maximum Gasteiger partial charge on any atom is 0.449 e. The summed E-state index contributed by atoms with van der Waals surface area (Å²) < 4.78 is 12.7. The van der Waals surface area contributed by atoms with Crippen molar-refractivity contribution in [1.82, 2.24) is 10.2 Å². The highest BCUT2D eigenvalue weighted by Crippen LogP contribution is 2.26. The zero-order chi connectivity index (χ0) is 13.1. The van der Waals surface area contributed by atoms with Gasteiger partial charge in [0.2, 0.25) is 5.39 Å². The van der Waals surface area contributed by atoms with Crippen molar-refractivity contribution in [1.29, 1.82) is 5.39 Å². The molecule has 90 valence electrons. The molecule has 1 heterocycles. The first-order chi connectivity index (χ1) is 8.61. The number of hydrogen-bond acceptors (Lipinski definition) is 3. The van der Waals surface area contributed by atoms with Crippen molar-refractivity contribution >= 4 is 17.4 Å². The molecular formula is C11H9FN5O+. The van der Waals surface area contributed by atoms with Crippen LogP contribution in [-0.2, 0) is 0 Å². The van der Waals surface area contributed by atoms with Gasteiger partial charge in [0.15, 0.2) is 4.98 Å². The van der Waals surface area contributed by atoms with Crippen LogP contribution in [0.4, 0.5) is 15.9 Å². The number of nitrogens with one attached hydrogen (secondary N) is 2. The third-order valence-corrected chi connectivity index (χ3v) is 2.35. The van der Waals surface area contributed by atoms with Crippen LogP contribution in [0.5, 0.6) is 0 Å². The van der Waals surface area contributed by atoms with Gasteiger partial charge in [-0.25, -0.2) is 4.39 Å². The zero-order valence-corrected chi connectivity index (χ0v) is 9.44. The lowest BCUT2D eigenvalue weighted by Gasteiger charge is -1.99. The van der Waals surface area contributed by atoms with E-state index < -0.39 is 11.7 Å². The second-order valence-corrected chi connectivity index (χ2v) is 3.61. The van der Waals surface area contributed by atoms with Crippen LogP contribution in [0.2, 0.25) is 0 Å². The quantitative estimate of drug-likeness (QED) is 0.798. The largest absolute Gasteiger partial charge is 0.449 e. The number of aromatic nitrogens is 2. The molecule has 1 amide bonds. The second kappa shape index (κ2) is 4.63. The summed E-state index contributed by atoms with van der Waals surface area (Å²) in [4.78, 5) is 14.8. The summed E-state index contributed by atoms with van der Waals surface area (Å²) in [5, 5.41) is 17.6. The number of H-pyrrole nitrogens is 1. The van der Waals surface area contributed by atoms with E-state index in [1.807, 2.05) is 0 Å². The summed E-state index contributed by atoms with van der Waals surface area (Å²) in [7, 11) is 0. The molecule has 0 radical (unpaired) electrons. The first kappa shape index (κ1) is 11.7. The predicted octanol–water partition coefficient (Wildman–Crippen LogP) is 2.59. The first-order valence-electron chi connectivity index (χ1n) is 5.09. The molecule has 0 unspecified atom stereocenters. The third kappa shape index (κ3) is 2.17. The van der Waals surface area contributed by atoms with Crippen molar-refractivity contribution in [3.8, 4) is 0 Å². The van der Waals surface area contributed by atoms with Crippen LogP contribution in [-0.4, -0.2) is 16.1 Å². The zero-order valence-electron chi connectivity index (χ0n) is 9.44. The van der Waals surface area contributed by atoms with Gasteiger partial charge in [-0.1, -0.05) is 0 Å². The molecule has 0 aliphatic heterocycles. The fraction of sp³-hybridized carbons (Fsp3) is 0.0909. The van der Waals surface area contributed by atoms with E-state index >= 15 is 0 Å². The molecule has 0 aliphatic carbocycles. The van der Waals surface area contributed by atoms with Crippen LogP contribution in [0.15, 0.2) is 24.3 Å². The molecule has 0 atom stereocenters. The summed E-state index contributed by atoms with van der Waals surface area (Å²) in [6, 6.07) is 5.06. The van der Waals surface area contributed by atoms with E-state index in [1.54, 1.807) is 6.92 Å². The van der Waals surface area contributed by atoms with Gasteiger partial charge in [-0.2, -0.15) is 0 Å². The molecule has 2 N–H and O–H groups in total. The van der Waals surface area contributed by atoms with E-state index in [0.29, 0.717) is 5.69 Å². The van der Waals surface area contributed by atoms with Crippen molar-refractivity contribution in [2.75, 3.05) is 5.32 Å². The van der Waals surface area contributed by atoms with Crippen molar-refractivity contribution in [3.05, 3.63) is 46.3 Å². The van der Waals surface area contributed by atoms with Gasteiger partial charge in [-0.3, -0.25) is 15.2 Å². The number of anilines is 1. The molecule has 2 aromatic rings. The van der Waals surface area contributed by atoms with Gasteiger partial charge in [0, 0.05) is 5.56 Å². The van der Waals surface area contributed by atoms with E-state index in [2.05, 4.69) is 20.5 Å². The molecule has 1 aromatic heterocycles. The molecule has 18 heavy (non-hydrogen) atoms. The molecular weight excluding hydrogens is 237 g/mol. The fourth-order valence-electron chi connectivity index (χ4n) is 1.41. The Morgan fingerprint density at radius 3 is 2.72 bits per heavy atom. The minimum absolute atomic E-state index is 0.115. The standard InChI is InChI=1S/C11H8FN5O/c1-6-9(15-13)10(17-16-6)14-11(18)7-2-4-8(12)5-3-7/h2-5,13H,1H3/p+1. The maximum absolute atomic E-state index is 12.7. The number of aryl methyl sites for hydroxylation is 1. The molecule has 0 bridgehead atoms. The Morgan fingerprint density at radius 2 is 2.11 bits per heavy atom. The Kier molecular flexibility index (Phi) is 3.02. The third-order valence-electron chi connectivity index (χ3n) is 2.35. The highest BCUT2D eigenvalue weighted by molar-refractivity contribution is 6.05. The molecule has 0 aliphatic rings. The minimum Gasteiger partial charge on any atom is -0.298 e. The lowest BCUT2D eigenvalue weighted by Crippen LogP contribution is -2.12. The average Bonchev–Trinajstić information content (AvgIpc) is 2.70. The van der Waals surface area contributed by atoms with Crippen molar-refractivity contribution in [3.63, 3.8) is 0 Å². The second-order valence-electron chi connectivity index (χ2n) is 3.61. The lowest BCUT2D eigenvalue weighted by molar-refractivity contribution is 0.102. The molecule has 6 nitrogen and oxygen atoms in total.